The second kappa shape index (κ2) is 4.03. The average molecular weight is 222 g/mol. The summed E-state index contributed by atoms with van der Waals surface area (Å²) >= 11 is 0. The molecule has 0 aromatic heterocycles. The Balaban J connectivity index is 1.99. The Labute approximate surface area is 103 Å². The zero-order chi connectivity index (χ0) is 11.8. The fraction of sp³-hybridized carbons (Fsp3) is 0.294. The number of aryl methyl sites for hydroxylation is 2. The van der Waals surface area contributed by atoms with E-state index in [1.165, 1.54) is 40.7 Å². The SMILES string of the molecule is Cc1ccc(-c2ccc(C3CC3)cc2C)cc1. The summed E-state index contributed by atoms with van der Waals surface area (Å²) in [5, 5.41) is 0. The lowest BCUT2D eigenvalue weighted by Gasteiger charge is -2.08. The van der Waals surface area contributed by atoms with Crippen LogP contribution in [0.2, 0.25) is 0 Å². The van der Waals surface area contributed by atoms with Gasteiger partial charge in [-0.25, -0.2) is 0 Å². The standard InChI is InChI=1S/C17H18/c1-12-3-5-15(6-4-12)17-10-9-16(11-13(17)2)14-7-8-14/h3-6,9-11,14H,7-8H2,1-2H3. The zero-order valence-corrected chi connectivity index (χ0v) is 10.5. The van der Waals surface area contributed by atoms with Crippen molar-refractivity contribution < 1.29 is 0 Å². The minimum absolute atomic E-state index is 0.848. The van der Waals surface area contributed by atoms with Gasteiger partial charge in [-0.3, -0.25) is 0 Å². The molecule has 3 rings (SSSR count). The largest absolute Gasteiger partial charge is 0.0587 e. The van der Waals surface area contributed by atoms with E-state index >= 15 is 0 Å². The van der Waals surface area contributed by atoms with Crippen molar-refractivity contribution in [3.8, 4) is 11.1 Å². The Morgan fingerprint density at radius 2 is 1.59 bits per heavy atom. The summed E-state index contributed by atoms with van der Waals surface area (Å²) in [7, 11) is 0. The van der Waals surface area contributed by atoms with Crippen molar-refractivity contribution in [1.82, 2.24) is 0 Å². The van der Waals surface area contributed by atoms with Crippen LogP contribution in [0.15, 0.2) is 42.5 Å². The van der Waals surface area contributed by atoms with E-state index < -0.39 is 0 Å². The Hall–Kier alpha value is -1.56. The fourth-order valence-electron chi connectivity index (χ4n) is 2.41. The Morgan fingerprint density at radius 1 is 0.882 bits per heavy atom. The van der Waals surface area contributed by atoms with Crippen LogP contribution in [0.5, 0.6) is 0 Å². The molecule has 0 unspecified atom stereocenters. The third-order valence-electron chi connectivity index (χ3n) is 3.66. The summed E-state index contributed by atoms with van der Waals surface area (Å²) in [6.45, 7) is 4.36. The van der Waals surface area contributed by atoms with Gasteiger partial charge < -0.3 is 0 Å². The van der Waals surface area contributed by atoms with E-state index in [-0.39, 0.29) is 0 Å². The van der Waals surface area contributed by atoms with Gasteiger partial charge in [-0.2, -0.15) is 0 Å². The van der Waals surface area contributed by atoms with E-state index in [2.05, 4.69) is 56.3 Å². The molecule has 0 bridgehead atoms. The first-order valence-electron chi connectivity index (χ1n) is 6.41. The van der Waals surface area contributed by atoms with Crippen LogP contribution in [0, 0.1) is 13.8 Å². The van der Waals surface area contributed by atoms with Crippen LogP contribution in [-0.2, 0) is 0 Å². The lowest BCUT2D eigenvalue weighted by atomic mass is 9.96. The lowest BCUT2D eigenvalue weighted by molar-refractivity contribution is 1.12. The van der Waals surface area contributed by atoms with Crippen molar-refractivity contribution in [1.29, 1.82) is 0 Å². The highest BCUT2D eigenvalue weighted by Gasteiger charge is 2.23. The third kappa shape index (κ3) is 2.12. The number of benzene rings is 2. The summed E-state index contributed by atoms with van der Waals surface area (Å²) in [4.78, 5) is 0. The normalized spacial score (nSPS) is 14.9. The first-order valence-corrected chi connectivity index (χ1v) is 6.41. The molecule has 2 aromatic rings. The van der Waals surface area contributed by atoms with Crippen molar-refractivity contribution in [2.24, 2.45) is 0 Å². The molecule has 0 aliphatic heterocycles. The number of hydrogen-bond acceptors (Lipinski definition) is 0. The molecule has 86 valence electrons. The van der Waals surface area contributed by atoms with E-state index in [9.17, 15) is 0 Å². The van der Waals surface area contributed by atoms with Gasteiger partial charge in [0.2, 0.25) is 0 Å². The second-order valence-electron chi connectivity index (χ2n) is 5.21. The maximum absolute atomic E-state index is 2.37. The molecule has 0 nitrogen and oxygen atoms in total. The molecule has 2 aromatic carbocycles. The van der Waals surface area contributed by atoms with Crippen LogP contribution < -0.4 is 0 Å². The molecule has 0 amide bonds. The Morgan fingerprint density at radius 3 is 2.18 bits per heavy atom. The van der Waals surface area contributed by atoms with Crippen LogP contribution >= 0.6 is 0 Å². The summed E-state index contributed by atoms with van der Waals surface area (Å²) in [6.07, 6.45) is 2.76. The zero-order valence-electron chi connectivity index (χ0n) is 10.5. The van der Waals surface area contributed by atoms with Gasteiger partial charge in [0.05, 0.1) is 0 Å². The molecule has 1 fully saturated rings. The maximum atomic E-state index is 2.37. The predicted octanol–water partition coefficient (Wildman–Crippen LogP) is 4.85. The molecule has 1 aliphatic rings. The van der Waals surface area contributed by atoms with Crippen LogP contribution in [0.3, 0.4) is 0 Å². The first-order chi connectivity index (χ1) is 8.24. The van der Waals surface area contributed by atoms with Crippen molar-refractivity contribution in [3.05, 3.63) is 59.2 Å². The van der Waals surface area contributed by atoms with E-state index in [0.29, 0.717) is 0 Å². The van der Waals surface area contributed by atoms with E-state index in [1.54, 1.807) is 0 Å². The van der Waals surface area contributed by atoms with Gasteiger partial charge in [0.1, 0.15) is 0 Å². The second-order valence-corrected chi connectivity index (χ2v) is 5.21. The Bertz CT molecular complexity index is 530. The highest BCUT2D eigenvalue weighted by atomic mass is 14.3. The molecule has 0 spiro atoms. The van der Waals surface area contributed by atoms with Gasteiger partial charge in [0.15, 0.2) is 0 Å². The van der Waals surface area contributed by atoms with Crippen LogP contribution in [0.4, 0.5) is 0 Å². The summed E-state index contributed by atoms with van der Waals surface area (Å²) < 4.78 is 0. The molecule has 1 saturated carbocycles. The van der Waals surface area contributed by atoms with Gasteiger partial charge in [0, 0.05) is 0 Å². The van der Waals surface area contributed by atoms with E-state index in [0.717, 1.165) is 5.92 Å². The van der Waals surface area contributed by atoms with Gasteiger partial charge in [-0.05, 0) is 54.9 Å². The van der Waals surface area contributed by atoms with E-state index in [4.69, 9.17) is 0 Å². The molecule has 0 N–H and O–H groups in total. The fourth-order valence-corrected chi connectivity index (χ4v) is 2.41. The van der Waals surface area contributed by atoms with Crippen molar-refractivity contribution in [2.45, 2.75) is 32.6 Å². The van der Waals surface area contributed by atoms with Gasteiger partial charge in [-0.15, -0.1) is 0 Å². The minimum Gasteiger partial charge on any atom is -0.0587 e. The summed E-state index contributed by atoms with van der Waals surface area (Å²) in [5.41, 5.74) is 6.95. The smallest absolute Gasteiger partial charge is 0.0155 e. The molecular weight excluding hydrogens is 204 g/mol. The topological polar surface area (TPSA) is 0 Å². The van der Waals surface area contributed by atoms with Crippen LogP contribution in [0.1, 0.15) is 35.4 Å². The molecule has 17 heavy (non-hydrogen) atoms. The molecule has 0 radical (unpaired) electrons. The molecule has 0 atom stereocenters. The molecule has 0 heteroatoms. The first kappa shape index (κ1) is 10.6. The van der Waals surface area contributed by atoms with Crippen LogP contribution in [-0.4, -0.2) is 0 Å². The summed E-state index contributed by atoms with van der Waals surface area (Å²) in [6, 6.07) is 15.8. The van der Waals surface area contributed by atoms with Crippen molar-refractivity contribution in [3.63, 3.8) is 0 Å². The minimum atomic E-state index is 0.848. The highest BCUT2D eigenvalue weighted by molar-refractivity contribution is 5.68. The maximum Gasteiger partial charge on any atom is -0.0155 e. The van der Waals surface area contributed by atoms with Gasteiger partial charge >= 0.3 is 0 Å². The monoisotopic (exact) mass is 222 g/mol. The molecule has 0 heterocycles. The van der Waals surface area contributed by atoms with Crippen molar-refractivity contribution >= 4 is 0 Å². The predicted molar refractivity (Wildman–Crippen MR) is 73.3 cm³/mol. The summed E-state index contributed by atoms with van der Waals surface area (Å²) in [5.74, 6) is 0.848. The molecular formula is C17H18. The van der Waals surface area contributed by atoms with Crippen LogP contribution in [0.25, 0.3) is 11.1 Å². The molecule has 1 aliphatic carbocycles. The lowest BCUT2D eigenvalue weighted by Crippen LogP contribution is -1.87. The van der Waals surface area contributed by atoms with E-state index in [1.807, 2.05) is 0 Å². The Kier molecular flexibility index (Phi) is 2.51. The third-order valence-corrected chi connectivity index (χ3v) is 3.66. The van der Waals surface area contributed by atoms with Gasteiger partial charge in [-0.1, -0.05) is 48.0 Å². The number of hydrogen-bond donors (Lipinski definition) is 0. The van der Waals surface area contributed by atoms with Gasteiger partial charge in [0.25, 0.3) is 0 Å². The van der Waals surface area contributed by atoms with Crippen molar-refractivity contribution in [2.75, 3.05) is 0 Å². The highest BCUT2D eigenvalue weighted by Crippen LogP contribution is 2.41. The average Bonchev–Trinajstić information content (AvgIpc) is 3.14. The number of rotatable bonds is 2. The quantitative estimate of drug-likeness (QED) is 0.681. The molecule has 0 saturated heterocycles.